The van der Waals surface area contributed by atoms with Crippen LogP contribution in [0.5, 0.6) is 11.5 Å². The third-order valence-corrected chi connectivity index (χ3v) is 4.28. The molecule has 0 N–H and O–H groups in total. The molecule has 106 valence electrons. The van der Waals surface area contributed by atoms with Crippen LogP contribution in [0.3, 0.4) is 0 Å². The zero-order chi connectivity index (χ0) is 14.7. The van der Waals surface area contributed by atoms with E-state index in [2.05, 4.69) is 15.9 Å². The Bertz CT molecular complexity index is 619. The van der Waals surface area contributed by atoms with Gasteiger partial charge in [0.15, 0.2) is 11.5 Å². The Hall–Kier alpha value is -1.26. The fourth-order valence-corrected chi connectivity index (χ4v) is 2.85. The summed E-state index contributed by atoms with van der Waals surface area (Å²) < 4.78 is 24.4. The largest absolute Gasteiger partial charge is 0.493 e. The van der Waals surface area contributed by atoms with Crippen molar-refractivity contribution in [3.8, 4) is 11.5 Å². The quantitative estimate of drug-likeness (QED) is 0.720. The lowest BCUT2D eigenvalue weighted by atomic mass is 10.0. The third kappa shape index (κ3) is 2.91. The molecule has 0 fully saturated rings. The molecule has 0 heterocycles. The van der Waals surface area contributed by atoms with Crippen LogP contribution in [0.4, 0.5) is 4.39 Å². The van der Waals surface area contributed by atoms with Gasteiger partial charge < -0.3 is 9.47 Å². The van der Waals surface area contributed by atoms with Crippen LogP contribution in [0.15, 0.2) is 40.9 Å². The van der Waals surface area contributed by atoms with Gasteiger partial charge in [0.05, 0.1) is 24.1 Å². The van der Waals surface area contributed by atoms with Crippen molar-refractivity contribution in [2.75, 3.05) is 14.2 Å². The summed E-state index contributed by atoms with van der Waals surface area (Å²) in [5.41, 5.74) is 1.47. The maximum absolute atomic E-state index is 13.6. The van der Waals surface area contributed by atoms with E-state index in [9.17, 15) is 4.39 Å². The topological polar surface area (TPSA) is 18.5 Å². The maximum Gasteiger partial charge on any atom is 0.161 e. The fourth-order valence-electron chi connectivity index (χ4n) is 1.91. The summed E-state index contributed by atoms with van der Waals surface area (Å²) in [5.74, 6) is 0.871. The van der Waals surface area contributed by atoms with E-state index in [0.717, 1.165) is 5.56 Å². The molecule has 0 saturated carbocycles. The minimum atomic E-state index is -0.486. The molecule has 0 radical (unpaired) electrons. The van der Waals surface area contributed by atoms with Gasteiger partial charge in [0, 0.05) is 0 Å². The average Bonchev–Trinajstić information content (AvgIpc) is 2.48. The molecule has 2 rings (SSSR count). The number of halogens is 3. The van der Waals surface area contributed by atoms with Crippen LogP contribution in [0, 0.1) is 5.82 Å². The van der Waals surface area contributed by atoms with Gasteiger partial charge >= 0.3 is 0 Å². The molecule has 20 heavy (non-hydrogen) atoms. The van der Waals surface area contributed by atoms with Gasteiger partial charge in [-0.15, -0.1) is 11.6 Å². The second-order valence-corrected chi connectivity index (χ2v) is 5.35. The van der Waals surface area contributed by atoms with Crippen LogP contribution in [-0.4, -0.2) is 14.2 Å². The molecule has 2 nitrogen and oxygen atoms in total. The molecule has 1 unspecified atom stereocenters. The average molecular weight is 360 g/mol. The van der Waals surface area contributed by atoms with Crippen LogP contribution in [0.25, 0.3) is 0 Å². The smallest absolute Gasteiger partial charge is 0.161 e. The Morgan fingerprint density at radius 1 is 1.10 bits per heavy atom. The zero-order valence-corrected chi connectivity index (χ0v) is 13.3. The van der Waals surface area contributed by atoms with Crippen LogP contribution in [0.1, 0.15) is 16.5 Å². The van der Waals surface area contributed by atoms with Crippen molar-refractivity contribution in [2.24, 2.45) is 0 Å². The van der Waals surface area contributed by atoms with Crippen molar-refractivity contribution in [1.82, 2.24) is 0 Å². The van der Waals surface area contributed by atoms with Crippen molar-refractivity contribution in [1.29, 1.82) is 0 Å². The molecule has 0 aliphatic rings. The summed E-state index contributed by atoms with van der Waals surface area (Å²) in [6.45, 7) is 0. The lowest BCUT2D eigenvalue weighted by molar-refractivity contribution is 0.354. The normalized spacial score (nSPS) is 12.1. The Morgan fingerprint density at radius 3 is 2.45 bits per heavy atom. The Balaban J connectivity index is 2.43. The van der Waals surface area contributed by atoms with Gasteiger partial charge in [-0.25, -0.2) is 4.39 Å². The van der Waals surface area contributed by atoms with Crippen LogP contribution in [-0.2, 0) is 0 Å². The Kier molecular flexibility index (Phi) is 4.89. The van der Waals surface area contributed by atoms with Gasteiger partial charge in [0.1, 0.15) is 5.82 Å². The van der Waals surface area contributed by atoms with E-state index in [0.29, 0.717) is 21.5 Å². The fraction of sp³-hybridized carbons (Fsp3) is 0.200. The van der Waals surface area contributed by atoms with Crippen LogP contribution in [0.2, 0.25) is 0 Å². The van der Waals surface area contributed by atoms with E-state index in [4.69, 9.17) is 21.1 Å². The second-order valence-electron chi connectivity index (χ2n) is 4.12. The first-order valence-corrected chi connectivity index (χ1v) is 7.11. The van der Waals surface area contributed by atoms with Gasteiger partial charge in [-0.1, -0.05) is 18.2 Å². The molecule has 2 aromatic carbocycles. The number of hydrogen-bond acceptors (Lipinski definition) is 2. The van der Waals surface area contributed by atoms with E-state index in [1.54, 1.807) is 38.5 Å². The van der Waals surface area contributed by atoms with Crippen molar-refractivity contribution in [2.45, 2.75) is 5.38 Å². The summed E-state index contributed by atoms with van der Waals surface area (Å²) >= 11 is 9.67. The molecule has 0 spiro atoms. The van der Waals surface area contributed by atoms with Gasteiger partial charge in [-0.05, 0) is 45.3 Å². The van der Waals surface area contributed by atoms with Crippen molar-refractivity contribution in [3.63, 3.8) is 0 Å². The van der Waals surface area contributed by atoms with E-state index >= 15 is 0 Å². The standard InChI is InChI=1S/C15H13BrClFO2/c1-19-12-7-6-9(8-13(12)20-2)15(17)10-4-3-5-11(18)14(10)16/h3-8,15H,1-2H3. The molecule has 0 bridgehead atoms. The summed E-state index contributed by atoms with van der Waals surface area (Å²) in [7, 11) is 3.13. The predicted octanol–water partition coefficient (Wildman–Crippen LogP) is 4.93. The number of benzene rings is 2. The number of alkyl halides is 1. The van der Waals surface area contributed by atoms with Gasteiger partial charge in [-0.2, -0.15) is 0 Å². The third-order valence-electron chi connectivity index (χ3n) is 2.95. The molecular weight excluding hydrogens is 347 g/mol. The molecule has 1 atom stereocenters. The summed E-state index contributed by atoms with van der Waals surface area (Å²) in [6, 6.07) is 10.2. The molecule has 0 aliphatic carbocycles. The first-order chi connectivity index (χ1) is 9.58. The summed E-state index contributed by atoms with van der Waals surface area (Å²) in [4.78, 5) is 0. The summed E-state index contributed by atoms with van der Waals surface area (Å²) in [6.07, 6.45) is 0. The lowest BCUT2D eigenvalue weighted by Crippen LogP contribution is -1.98. The van der Waals surface area contributed by atoms with Gasteiger partial charge in [0.25, 0.3) is 0 Å². The van der Waals surface area contributed by atoms with Gasteiger partial charge in [-0.3, -0.25) is 0 Å². The van der Waals surface area contributed by atoms with E-state index in [1.807, 2.05) is 6.07 Å². The van der Waals surface area contributed by atoms with E-state index < -0.39 is 5.38 Å². The van der Waals surface area contributed by atoms with E-state index in [1.165, 1.54) is 6.07 Å². The predicted molar refractivity (Wildman–Crippen MR) is 81.3 cm³/mol. The highest BCUT2D eigenvalue weighted by atomic mass is 79.9. The minimum Gasteiger partial charge on any atom is -0.493 e. The SMILES string of the molecule is COc1ccc(C(Cl)c2cccc(F)c2Br)cc1OC. The van der Waals surface area contributed by atoms with Gasteiger partial charge in [0.2, 0.25) is 0 Å². The maximum atomic E-state index is 13.6. The van der Waals surface area contributed by atoms with Crippen LogP contribution >= 0.6 is 27.5 Å². The second kappa shape index (κ2) is 6.46. The molecule has 0 aromatic heterocycles. The first-order valence-electron chi connectivity index (χ1n) is 5.88. The van der Waals surface area contributed by atoms with Crippen LogP contribution < -0.4 is 9.47 Å². The first kappa shape index (κ1) is 15.1. The minimum absolute atomic E-state index is 0.339. The highest BCUT2D eigenvalue weighted by molar-refractivity contribution is 9.10. The number of hydrogen-bond donors (Lipinski definition) is 0. The molecule has 5 heteroatoms. The Morgan fingerprint density at radius 2 is 1.80 bits per heavy atom. The number of ether oxygens (including phenoxy) is 2. The lowest BCUT2D eigenvalue weighted by Gasteiger charge is -2.15. The monoisotopic (exact) mass is 358 g/mol. The van der Waals surface area contributed by atoms with E-state index in [-0.39, 0.29) is 5.82 Å². The molecular formula is C15H13BrClFO2. The van der Waals surface area contributed by atoms with Crippen molar-refractivity contribution < 1.29 is 13.9 Å². The molecule has 0 aliphatic heterocycles. The number of rotatable bonds is 4. The highest BCUT2D eigenvalue weighted by Crippen LogP contribution is 2.38. The molecule has 0 saturated heterocycles. The summed E-state index contributed by atoms with van der Waals surface area (Å²) in [5, 5.41) is -0.486. The molecule has 0 amide bonds. The van der Waals surface area contributed by atoms with Crippen molar-refractivity contribution >= 4 is 27.5 Å². The molecule has 2 aromatic rings. The highest BCUT2D eigenvalue weighted by Gasteiger charge is 2.18. The zero-order valence-electron chi connectivity index (χ0n) is 11.0. The van der Waals surface area contributed by atoms with Crippen molar-refractivity contribution in [3.05, 3.63) is 57.8 Å². The Labute approximate surface area is 130 Å². The number of methoxy groups -OCH3 is 2.